The first-order chi connectivity index (χ1) is 7.24. The fraction of sp³-hybridized carbons (Fsp3) is 0.200. The lowest BCUT2D eigenvalue weighted by molar-refractivity contribution is 0.747. The van der Waals surface area contributed by atoms with Gasteiger partial charge in [-0.15, -0.1) is 0 Å². The molecule has 0 saturated carbocycles. The first-order valence-corrected chi connectivity index (χ1v) is 4.96. The van der Waals surface area contributed by atoms with Gasteiger partial charge < -0.3 is 5.32 Å². The fourth-order valence-electron chi connectivity index (χ4n) is 1.26. The number of hydrogen-bond donors (Lipinski definition) is 1. The van der Waals surface area contributed by atoms with Crippen LogP contribution in [0, 0.1) is 0 Å². The van der Waals surface area contributed by atoms with Crippen molar-refractivity contribution in [1.29, 1.82) is 0 Å². The van der Waals surface area contributed by atoms with E-state index in [4.69, 9.17) is 11.6 Å². The van der Waals surface area contributed by atoms with Crippen molar-refractivity contribution >= 4 is 17.3 Å². The Morgan fingerprint density at radius 3 is 3.00 bits per heavy atom. The van der Waals surface area contributed by atoms with Crippen LogP contribution in [0.4, 0.5) is 5.69 Å². The topological polar surface area (TPSA) is 42.7 Å². The molecule has 78 valence electrons. The van der Waals surface area contributed by atoms with Gasteiger partial charge in [0.1, 0.15) is 5.15 Å². The Hall–Kier alpha value is -1.55. The predicted octanol–water partition coefficient (Wildman–Crippen LogP) is 2.08. The molecule has 0 aromatic carbocycles. The summed E-state index contributed by atoms with van der Waals surface area (Å²) >= 11 is 5.76. The van der Waals surface area contributed by atoms with Crippen molar-refractivity contribution < 1.29 is 0 Å². The van der Waals surface area contributed by atoms with Crippen LogP contribution in [0.1, 0.15) is 5.69 Å². The number of aromatic nitrogens is 3. The molecule has 0 amide bonds. The quantitative estimate of drug-likeness (QED) is 0.809. The number of nitrogens with zero attached hydrogens (tertiary/aromatic N) is 3. The van der Waals surface area contributed by atoms with Gasteiger partial charge in [0.15, 0.2) is 0 Å². The standard InChI is InChI=1S/C10H11ClN4/c1-15-5-3-9(14-15)7-13-8-2-4-12-10(11)6-8/h2-6H,7H2,1H3,(H,12,13). The maximum absolute atomic E-state index is 5.76. The average Bonchev–Trinajstić information content (AvgIpc) is 2.62. The third kappa shape index (κ3) is 2.70. The summed E-state index contributed by atoms with van der Waals surface area (Å²) in [5, 5.41) is 7.96. The molecular weight excluding hydrogens is 212 g/mol. The van der Waals surface area contributed by atoms with E-state index in [0.717, 1.165) is 11.4 Å². The summed E-state index contributed by atoms with van der Waals surface area (Å²) in [7, 11) is 1.90. The highest BCUT2D eigenvalue weighted by Crippen LogP contribution is 2.12. The second-order valence-electron chi connectivity index (χ2n) is 3.20. The van der Waals surface area contributed by atoms with E-state index in [1.165, 1.54) is 0 Å². The van der Waals surface area contributed by atoms with Crippen LogP contribution in [0.3, 0.4) is 0 Å². The molecule has 5 heteroatoms. The molecule has 0 aliphatic carbocycles. The largest absolute Gasteiger partial charge is 0.379 e. The van der Waals surface area contributed by atoms with Gasteiger partial charge in [0.05, 0.1) is 12.2 Å². The average molecular weight is 223 g/mol. The number of anilines is 1. The number of rotatable bonds is 3. The predicted molar refractivity (Wildman–Crippen MR) is 59.8 cm³/mol. The highest BCUT2D eigenvalue weighted by Gasteiger charge is 1.97. The van der Waals surface area contributed by atoms with Gasteiger partial charge in [-0.25, -0.2) is 4.98 Å². The minimum Gasteiger partial charge on any atom is -0.379 e. The van der Waals surface area contributed by atoms with Gasteiger partial charge in [-0.3, -0.25) is 4.68 Å². The lowest BCUT2D eigenvalue weighted by Gasteiger charge is -2.03. The molecule has 0 unspecified atom stereocenters. The number of aryl methyl sites for hydroxylation is 1. The Labute approximate surface area is 92.9 Å². The summed E-state index contributed by atoms with van der Waals surface area (Å²) in [6, 6.07) is 5.62. The minimum absolute atomic E-state index is 0.487. The van der Waals surface area contributed by atoms with Crippen molar-refractivity contribution in [3.63, 3.8) is 0 Å². The first-order valence-electron chi connectivity index (χ1n) is 4.58. The van der Waals surface area contributed by atoms with Gasteiger partial charge in [0.2, 0.25) is 0 Å². The van der Waals surface area contributed by atoms with Gasteiger partial charge in [0, 0.05) is 25.1 Å². The molecule has 0 fully saturated rings. The Bertz CT molecular complexity index is 452. The zero-order valence-electron chi connectivity index (χ0n) is 8.31. The van der Waals surface area contributed by atoms with Crippen molar-refractivity contribution in [2.45, 2.75) is 6.54 Å². The Kier molecular flexibility index (Phi) is 2.87. The van der Waals surface area contributed by atoms with E-state index in [2.05, 4.69) is 15.4 Å². The van der Waals surface area contributed by atoms with Crippen LogP contribution < -0.4 is 5.32 Å². The van der Waals surface area contributed by atoms with Gasteiger partial charge in [-0.05, 0) is 18.2 Å². The zero-order valence-corrected chi connectivity index (χ0v) is 9.07. The third-order valence-corrected chi connectivity index (χ3v) is 2.18. The first kappa shape index (κ1) is 9.98. The molecule has 0 aliphatic rings. The number of hydrogen-bond acceptors (Lipinski definition) is 3. The van der Waals surface area contributed by atoms with E-state index >= 15 is 0 Å². The molecule has 2 heterocycles. The Morgan fingerprint density at radius 1 is 1.47 bits per heavy atom. The fourth-order valence-corrected chi connectivity index (χ4v) is 1.44. The Balaban J connectivity index is 1.99. The van der Waals surface area contributed by atoms with Crippen molar-refractivity contribution in [2.75, 3.05) is 5.32 Å². The van der Waals surface area contributed by atoms with E-state index in [1.54, 1.807) is 16.9 Å². The molecule has 15 heavy (non-hydrogen) atoms. The molecule has 2 aromatic heterocycles. The van der Waals surface area contributed by atoms with Gasteiger partial charge in [0.25, 0.3) is 0 Å². The highest BCUT2D eigenvalue weighted by molar-refractivity contribution is 6.29. The van der Waals surface area contributed by atoms with Crippen molar-refractivity contribution in [2.24, 2.45) is 7.05 Å². The highest BCUT2D eigenvalue weighted by atomic mass is 35.5. The number of nitrogens with one attached hydrogen (secondary N) is 1. The number of pyridine rings is 1. The summed E-state index contributed by atoms with van der Waals surface area (Å²) < 4.78 is 1.77. The molecular formula is C10H11ClN4. The molecule has 0 bridgehead atoms. The van der Waals surface area contributed by atoms with Crippen LogP contribution >= 0.6 is 11.6 Å². The maximum Gasteiger partial charge on any atom is 0.131 e. The second-order valence-corrected chi connectivity index (χ2v) is 3.59. The van der Waals surface area contributed by atoms with E-state index in [9.17, 15) is 0 Å². The molecule has 2 rings (SSSR count). The second kappa shape index (κ2) is 4.31. The van der Waals surface area contributed by atoms with Gasteiger partial charge >= 0.3 is 0 Å². The molecule has 4 nitrogen and oxygen atoms in total. The van der Waals surface area contributed by atoms with E-state index in [1.807, 2.05) is 25.4 Å². The van der Waals surface area contributed by atoms with Crippen LogP contribution in [0.5, 0.6) is 0 Å². The van der Waals surface area contributed by atoms with Crippen molar-refractivity contribution in [3.05, 3.63) is 41.4 Å². The summed E-state index contributed by atoms with van der Waals surface area (Å²) in [4.78, 5) is 3.90. The molecule has 0 radical (unpaired) electrons. The summed E-state index contributed by atoms with van der Waals surface area (Å²) in [5.41, 5.74) is 1.94. The lowest BCUT2D eigenvalue weighted by atomic mass is 10.3. The van der Waals surface area contributed by atoms with Gasteiger partial charge in [-0.1, -0.05) is 11.6 Å². The normalized spacial score (nSPS) is 10.3. The zero-order chi connectivity index (χ0) is 10.7. The van der Waals surface area contributed by atoms with E-state index in [-0.39, 0.29) is 0 Å². The molecule has 1 N–H and O–H groups in total. The minimum atomic E-state index is 0.487. The SMILES string of the molecule is Cn1ccc(CNc2ccnc(Cl)c2)n1. The maximum atomic E-state index is 5.76. The van der Waals surface area contributed by atoms with Gasteiger partial charge in [-0.2, -0.15) is 5.10 Å². The van der Waals surface area contributed by atoms with E-state index < -0.39 is 0 Å². The summed E-state index contributed by atoms with van der Waals surface area (Å²) in [6.07, 6.45) is 3.58. The Morgan fingerprint density at radius 2 is 2.33 bits per heavy atom. The van der Waals surface area contributed by atoms with Crippen LogP contribution in [0.2, 0.25) is 5.15 Å². The van der Waals surface area contributed by atoms with Crippen molar-refractivity contribution in [1.82, 2.24) is 14.8 Å². The van der Waals surface area contributed by atoms with Crippen LogP contribution in [0.25, 0.3) is 0 Å². The van der Waals surface area contributed by atoms with E-state index in [0.29, 0.717) is 11.7 Å². The molecule has 0 saturated heterocycles. The molecule has 2 aromatic rings. The summed E-state index contributed by atoms with van der Waals surface area (Å²) in [6.45, 7) is 0.682. The molecule has 0 aliphatic heterocycles. The smallest absolute Gasteiger partial charge is 0.131 e. The molecule has 0 spiro atoms. The molecule has 0 atom stereocenters. The van der Waals surface area contributed by atoms with Crippen LogP contribution in [-0.2, 0) is 13.6 Å². The van der Waals surface area contributed by atoms with Crippen molar-refractivity contribution in [3.8, 4) is 0 Å². The van der Waals surface area contributed by atoms with Crippen LogP contribution in [0.15, 0.2) is 30.6 Å². The summed E-state index contributed by atoms with van der Waals surface area (Å²) in [5.74, 6) is 0. The third-order valence-electron chi connectivity index (χ3n) is 1.97. The monoisotopic (exact) mass is 222 g/mol. The number of halogens is 1. The lowest BCUT2D eigenvalue weighted by Crippen LogP contribution is -2.01. The van der Waals surface area contributed by atoms with Crippen LogP contribution in [-0.4, -0.2) is 14.8 Å².